The smallest absolute Gasteiger partial charge is 0.270 e. The summed E-state index contributed by atoms with van der Waals surface area (Å²) in [5.41, 5.74) is -1.05. The van der Waals surface area contributed by atoms with E-state index in [9.17, 15) is 34.8 Å². The van der Waals surface area contributed by atoms with Crippen molar-refractivity contribution >= 4 is 87.2 Å². The number of carbonyl (C=O) groups is 2. The average molecular weight is 1140 g/mol. The lowest BCUT2D eigenvalue weighted by molar-refractivity contribution is -0.119. The molecular formula is C56H65Cl2N5O10S3. The quantitative estimate of drug-likeness (QED) is 0.0422. The highest BCUT2D eigenvalue weighted by atomic mass is 35.5. The van der Waals surface area contributed by atoms with Crippen molar-refractivity contribution in [1.82, 2.24) is 13.9 Å². The van der Waals surface area contributed by atoms with Crippen LogP contribution in [0.1, 0.15) is 145 Å². The lowest BCUT2D eigenvalue weighted by Gasteiger charge is -2.28. The minimum absolute atomic E-state index is 0.00406. The molecule has 1 aliphatic rings. The van der Waals surface area contributed by atoms with Gasteiger partial charge in [-0.05, 0) is 79.6 Å². The molecule has 7 rings (SSSR count). The third kappa shape index (κ3) is 13.8. The number of aromatic nitrogens is 2. The Morgan fingerprint density at radius 2 is 1.26 bits per heavy atom. The van der Waals surface area contributed by atoms with Crippen LogP contribution in [0.2, 0.25) is 10.0 Å². The van der Waals surface area contributed by atoms with Gasteiger partial charge in [0.15, 0.2) is 21.7 Å². The van der Waals surface area contributed by atoms with Gasteiger partial charge in [0.1, 0.15) is 10.6 Å². The molecule has 0 saturated heterocycles. The van der Waals surface area contributed by atoms with E-state index in [1.54, 1.807) is 49.4 Å². The number of nitrogens with zero attached hydrogens (tertiary/aromatic N) is 3. The van der Waals surface area contributed by atoms with E-state index in [0.717, 1.165) is 48.4 Å². The standard InChI is InChI=1S/C56H65Cl2N5O10S3/c1-3-5-6-7-8-9-10-11-12-13-14-15-16-17-18-26-35-73-49-34-33-41(75(69,70)61-47-38-45(58)51(39-44(47)57)74(67,68)36-4-2)37-48(49)60-54(64)52(63-56(66)43-30-23-25-32-50(43)76(63,71)72)53-59-46-31-24-22-29-42(46)55(65)62(53)40-27-20-19-21-28-40/h19-25,27-34,37-39,52,61H,3-18,26,35-36H2,1-2H3,(H,60,64). The Balaban J connectivity index is 1.19. The van der Waals surface area contributed by atoms with Gasteiger partial charge in [0.25, 0.3) is 37.4 Å². The van der Waals surface area contributed by atoms with Gasteiger partial charge in [0.05, 0.1) is 65.7 Å². The summed E-state index contributed by atoms with van der Waals surface area (Å²) >= 11 is 12.9. The monoisotopic (exact) mass is 1130 g/mol. The molecule has 0 fully saturated rings. The molecule has 1 aliphatic heterocycles. The number of benzene rings is 5. The molecule has 0 aliphatic carbocycles. The number of halogens is 2. The highest BCUT2D eigenvalue weighted by Gasteiger charge is 2.50. The zero-order valence-electron chi connectivity index (χ0n) is 42.8. The second-order valence-electron chi connectivity index (χ2n) is 19.0. The average Bonchev–Trinajstić information content (AvgIpc) is 3.61. The van der Waals surface area contributed by atoms with Crippen LogP contribution >= 0.6 is 23.2 Å². The van der Waals surface area contributed by atoms with E-state index in [2.05, 4.69) is 17.0 Å². The fourth-order valence-electron chi connectivity index (χ4n) is 9.31. The van der Waals surface area contributed by atoms with Gasteiger partial charge in [-0.1, -0.05) is 176 Å². The number of sulfone groups is 1. The van der Waals surface area contributed by atoms with Gasteiger partial charge < -0.3 is 10.1 Å². The van der Waals surface area contributed by atoms with E-state index >= 15 is 4.79 Å². The predicted molar refractivity (Wildman–Crippen MR) is 300 cm³/mol. The number of hydrogen-bond acceptors (Lipinski definition) is 11. The Kier molecular flexibility index (Phi) is 20.2. The van der Waals surface area contributed by atoms with Crippen LogP contribution in [-0.2, 0) is 34.7 Å². The van der Waals surface area contributed by atoms with Gasteiger partial charge in [-0.25, -0.2) is 34.5 Å². The number of carbonyl (C=O) groups excluding carboxylic acids is 2. The highest BCUT2D eigenvalue weighted by molar-refractivity contribution is 7.93. The van der Waals surface area contributed by atoms with Gasteiger partial charge in [-0.15, -0.1) is 0 Å². The van der Waals surface area contributed by atoms with Gasteiger partial charge in [-0.3, -0.25) is 23.7 Å². The number of anilines is 2. The lowest BCUT2D eigenvalue weighted by Crippen LogP contribution is -2.44. The number of fused-ring (bicyclic) bond motifs is 2. The Morgan fingerprint density at radius 1 is 0.671 bits per heavy atom. The summed E-state index contributed by atoms with van der Waals surface area (Å²) in [6.07, 6.45) is 19.0. The molecule has 2 heterocycles. The van der Waals surface area contributed by atoms with Crippen LogP contribution in [0.4, 0.5) is 11.4 Å². The Hall–Kier alpha value is -5.79. The SMILES string of the molecule is CCCCCCCCCCCCCCCCCCOc1ccc(S(=O)(=O)Nc2cc(Cl)c(S(=O)(=O)CCC)cc2Cl)cc1NC(=O)C(c1nc2ccccc2c(=O)n1-c1ccccc1)N1C(=O)c2ccccc2S1(=O)=O. The fraction of sp³-hybridized carbons (Fsp3) is 0.393. The van der Waals surface area contributed by atoms with Crippen molar-refractivity contribution in [3.05, 3.63) is 141 Å². The largest absolute Gasteiger partial charge is 0.491 e. The summed E-state index contributed by atoms with van der Waals surface area (Å²) in [5.74, 6) is -2.91. The number of ether oxygens (including phenoxy) is 1. The molecule has 15 nitrogen and oxygen atoms in total. The summed E-state index contributed by atoms with van der Waals surface area (Å²) < 4.78 is 93.5. The molecule has 1 atom stereocenters. The van der Waals surface area contributed by atoms with Crippen LogP contribution < -0.4 is 20.3 Å². The van der Waals surface area contributed by atoms with Gasteiger partial charge in [0.2, 0.25) is 0 Å². The lowest BCUT2D eigenvalue weighted by atomic mass is 10.0. The summed E-state index contributed by atoms with van der Waals surface area (Å²) in [6, 6.07) is 23.4. The maximum absolute atomic E-state index is 15.4. The zero-order chi connectivity index (χ0) is 54.5. The first-order chi connectivity index (χ1) is 36.5. The Bertz CT molecular complexity index is 3430. The number of para-hydroxylation sites is 2. The second kappa shape index (κ2) is 26.5. The number of unbranched alkanes of at least 4 members (excludes halogenated alkanes) is 15. The van der Waals surface area contributed by atoms with Crippen molar-refractivity contribution in [1.29, 1.82) is 0 Å². The van der Waals surface area contributed by atoms with Crippen LogP contribution in [-0.4, -0.2) is 63.3 Å². The first-order valence-corrected chi connectivity index (χ1v) is 31.4. The molecule has 5 aromatic carbocycles. The number of sulfonamides is 2. The van der Waals surface area contributed by atoms with Gasteiger partial charge in [0, 0.05) is 0 Å². The molecule has 1 unspecified atom stereocenters. The normalized spacial score (nSPS) is 13.7. The maximum Gasteiger partial charge on any atom is 0.270 e. The molecule has 2 N–H and O–H groups in total. The summed E-state index contributed by atoms with van der Waals surface area (Å²) in [4.78, 5) is 48.0. The summed E-state index contributed by atoms with van der Waals surface area (Å²) in [7, 11) is -13.3. The minimum atomic E-state index is -4.81. The molecule has 0 bridgehead atoms. The second-order valence-corrected chi connectivity index (χ2v) is 25.3. The van der Waals surface area contributed by atoms with E-state index < -0.39 is 64.0 Å². The summed E-state index contributed by atoms with van der Waals surface area (Å²) in [5, 5.41) is 2.29. The van der Waals surface area contributed by atoms with Crippen molar-refractivity contribution < 1.29 is 39.6 Å². The first kappa shape index (κ1) is 57.9. The van der Waals surface area contributed by atoms with Crippen molar-refractivity contribution in [2.24, 2.45) is 0 Å². The van der Waals surface area contributed by atoms with Crippen LogP contribution in [0, 0.1) is 0 Å². The molecule has 1 aromatic heterocycles. The molecule has 406 valence electrons. The molecule has 2 amide bonds. The van der Waals surface area contributed by atoms with Crippen LogP contribution in [0.15, 0.2) is 129 Å². The van der Waals surface area contributed by atoms with Gasteiger partial charge >= 0.3 is 0 Å². The molecular weight excluding hydrogens is 1070 g/mol. The molecule has 20 heteroatoms. The van der Waals surface area contributed by atoms with Crippen molar-refractivity contribution in [3.63, 3.8) is 0 Å². The number of rotatable bonds is 29. The van der Waals surface area contributed by atoms with Crippen LogP contribution in [0.3, 0.4) is 0 Å². The van der Waals surface area contributed by atoms with E-state index in [-0.39, 0.29) is 71.5 Å². The number of nitrogens with one attached hydrogen (secondary N) is 2. The topological polar surface area (TPSA) is 208 Å². The Morgan fingerprint density at radius 3 is 1.89 bits per heavy atom. The van der Waals surface area contributed by atoms with E-state index in [1.165, 1.54) is 119 Å². The third-order valence-corrected chi connectivity index (χ3v) is 19.1. The molecule has 76 heavy (non-hydrogen) atoms. The van der Waals surface area contributed by atoms with E-state index in [1.807, 2.05) is 0 Å². The molecule has 0 spiro atoms. The molecule has 0 saturated carbocycles. The maximum atomic E-state index is 15.4. The number of amides is 2. The zero-order valence-corrected chi connectivity index (χ0v) is 46.8. The van der Waals surface area contributed by atoms with Crippen molar-refractivity contribution in [2.45, 2.75) is 144 Å². The highest BCUT2D eigenvalue weighted by Crippen LogP contribution is 2.40. The van der Waals surface area contributed by atoms with Crippen molar-refractivity contribution in [3.8, 4) is 11.4 Å². The predicted octanol–water partition coefficient (Wildman–Crippen LogP) is 12.8. The fourth-order valence-corrected chi connectivity index (χ4v) is 14.3. The molecule has 6 aromatic rings. The third-order valence-electron chi connectivity index (χ3n) is 13.2. The van der Waals surface area contributed by atoms with Gasteiger partial charge in [-0.2, -0.15) is 0 Å². The summed E-state index contributed by atoms with van der Waals surface area (Å²) in [6.45, 7) is 4.07. The minimum Gasteiger partial charge on any atom is -0.491 e. The van der Waals surface area contributed by atoms with Crippen LogP contribution in [0.25, 0.3) is 16.6 Å². The first-order valence-electron chi connectivity index (χ1n) is 26.1. The van der Waals surface area contributed by atoms with Crippen LogP contribution in [0.5, 0.6) is 5.75 Å². The number of hydrogen-bond donors (Lipinski definition) is 2. The molecule has 0 radical (unpaired) electrons. The van der Waals surface area contributed by atoms with Crippen molar-refractivity contribution in [2.75, 3.05) is 22.4 Å². The van der Waals surface area contributed by atoms with E-state index in [4.69, 9.17) is 32.9 Å². The Labute approximate surface area is 456 Å². The van der Waals surface area contributed by atoms with E-state index in [0.29, 0.717) is 17.1 Å².